The molecule has 0 unspecified atom stereocenters. The molecule has 17 heavy (non-hydrogen) atoms. The Hall–Kier alpha value is 0.788. The Morgan fingerprint density at radius 2 is 0.882 bits per heavy atom. The van der Waals surface area contributed by atoms with Crippen LogP contribution in [0.1, 0.15) is 0 Å². The van der Waals surface area contributed by atoms with Crippen molar-refractivity contribution in [1.82, 2.24) is 8.54 Å². The summed E-state index contributed by atoms with van der Waals surface area (Å²) >= 11 is 0. The van der Waals surface area contributed by atoms with Crippen LogP contribution in [0.4, 0.5) is 0 Å². The molecule has 0 aliphatic carbocycles. The maximum absolute atomic E-state index is 4.08. The Balaban J connectivity index is 5.34. The highest BCUT2D eigenvalue weighted by Crippen LogP contribution is 2.26. The van der Waals surface area contributed by atoms with Crippen LogP contribution in [0.5, 0.6) is 0 Å². The lowest BCUT2D eigenvalue weighted by Gasteiger charge is -2.54. The van der Waals surface area contributed by atoms with Gasteiger partial charge in [0.25, 0.3) is 0 Å². The van der Waals surface area contributed by atoms with E-state index in [2.05, 4.69) is 80.6 Å². The van der Waals surface area contributed by atoms with Gasteiger partial charge in [0.15, 0.2) is 8.40 Å². The molecule has 0 heterocycles. The van der Waals surface area contributed by atoms with Crippen molar-refractivity contribution in [2.75, 3.05) is 0 Å². The lowest BCUT2D eigenvalue weighted by atomic mass is 11.8. The van der Waals surface area contributed by atoms with E-state index < -0.39 is 33.1 Å². The number of hydrogen-bond donors (Lipinski definition) is 1. The summed E-state index contributed by atoms with van der Waals surface area (Å²) in [6.45, 7) is 27.3. The number of rotatable bonds is 5. The van der Waals surface area contributed by atoms with Gasteiger partial charge in [0.1, 0.15) is 24.7 Å². The van der Waals surface area contributed by atoms with E-state index in [4.69, 9.17) is 0 Å². The second-order valence-electron chi connectivity index (χ2n) is 8.61. The molecule has 0 rings (SSSR count). The fourth-order valence-electron chi connectivity index (χ4n) is 3.66. The van der Waals surface area contributed by atoms with Crippen molar-refractivity contribution in [2.24, 2.45) is 0 Å². The van der Waals surface area contributed by atoms with Crippen LogP contribution in [0.15, 0.2) is 0 Å². The average molecular weight is 307 g/mol. The van der Waals surface area contributed by atoms with Crippen molar-refractivity contribution in [3.63, 3.8) is 0 Å². The molecule has 1 N–H and O–H groups in total. The SMILES string of the molecule is C[Si](C)(C)N[Si](C)(C)N([Si](C)(C)C)[Si](C)(C)C. The Bertz CT molecular complexity index is 244. The van der Waals surface area contributed by atoms with E-state index >= 15 is 0 Å². The van der Waals surface area contributed by atoms with E-state index in [0.29, 0.717) is 0 Å². The van der Waals surface area contributed by atoms with Crippen LogP contribution in [0, 0.1) is 0 Å². The molecule has 0 aromatic carbocycles. The van der Waals surface area contributed by atoms with Crippen LogP contribution in [-0.2, 0) is 0 Å². The minimum atomic E-state index is -1.47. The first-order valence-corrected chi connectivity index (χ1v) is 20.0. The van der Waals surface area contributed by atoms with Gasteiger partial charge in [-0.2, -0.15) is 0 Å². The molecule has 2 nitrogen and oxygen atoms in total. The quantitative estimate of drug-likeness (QED) is 0.770. The minimum absolute atomic E-state index is 1.20. The summed E-state index contributed by atoms with van der Waals surface area (Å²) < 4.78 is 7.09. The second kappa shape index (κ2) is 5.05. The van der Waals surface area contributed by atoms with Crippen molar-refractivity contribution >= 4 is 33.1 Å². The Kier molecular flexibility index (Phi) is 5.28. The van der Waals surface area contributed by atoms with Crippen LogP contribution in [0.25, 0.3) is 0 Å². The van der Waals surface area contributed by atoms with Gasteiger partial charge in [-0.3, -0.25) is 0 Å². The van der Waals surface area contributed by atoms with Gasteiger partial charge >= 0.3 is 0 Å². The third-order valence-corrected chi connectivity index (χ3v) is 23.2. The summed E-state index contributed by atoms with van der Waals surface area (Å²) in [6.07, 6.45) is 0. The molecule has 0 aliphatic rings. The van der Waals surface area contributed by atoms with E-state index in [1.807, 2.05) is 0 Å². The monoisotopic (exact) mass is 306 g/mol. The van der Waals surface area contributed by atoms with Gasteiger partial charge in [0.05, 0.1) is 0 Å². The van der Waals surface area contributed by atoms with E-state index in [0.717, 1.165) is 0 Å². The highest BCUT2D eigenvalue weighted by molar-refractivity contribution is 7.06. The Labute approximate surface area is 114 Å². The Morgan fingerprint density at radius 1 is 0.588 bits per heavy atom. The molecule has 0 aromatic heterocycles. The smallest absolute Gasteiger partial charge is 0.177 e. The van der Waals surface area contributed by atoms with E-state index in [-0.39, 0.29) is 0 Å². The molecule has 0 aromatic rings. The van der Waals surface area contributed by atoms with E-state index in [1.54, 1.807) is 0 Å². The van der Waals surface area contributed by atoms with Crippen molar-refractivity contribution in [3.8, 4) is 0 Å². The maximum atomic E-state index is 4.08. The molecule has 104 valence electrons. The predicted molar refractivity (Wildman–Crippen MR) is 92.5 cm³/mol. The first-order valence-electron chi connectivity index (χ1n) is 6.67. The van der Waals surface area contributed by atoms with Gasteiger partial charge in [-0.25, -0.2) is 0 Å². The second-order valence-corrected chi connectivity index (χ2v) is 28.6. The minimum Gasteiger partial charge on any atom is -0.357 e. The van der Waals surface area contributed by atoms with E-state index in [1.165, 1.54) is 0 Å². The number of hydrogen-bond acceptors (Lipinski definition) is 2. The van der Waals surface area contributed by atoms with Crippen molar-refractivity contribution in [2.45, 2.75) is 72.0 Å². The highest BCUT2D eigenvalue weighted by atomic mass is 28.5. The zero-order valence-corrected chi connectivity index (χ0v) is 17.9. The summed E-state index contributed by atoms with van der Waals surface area (Å²) in [5.41, 5.74) is 0. The summed E-state index contributed by atoms with van der Waals surface area (Å²) in [4.78, 5) is 0. The molecule has 0 atom stereocenters. The normalized spacial score (nSPS) is 15.5. The van der Waals surface area contributed by atoms with Crippen LogP contribution >= 0.6 is 0 Å². The topological polar surface area (TPSA) is 15.3 Å². The van der Waals surface area contributed by atoms with Crippen molar-refractivity contribution in [3.05, 3.63) is 0 Å². The molecular formula is C11H34N2Si4. The summed E-state index contributed by atoms with van der Waals surface area (Å²) in [5, 5.41) is 0. The molecule has 6 heteroatoms. The summed E-state index contributed by atoms with van der Waals surface area (Å²) in [5.74, 6) is 0. The van der Waals surface area contributed by atoms with Crippen molar-refractivity contribution < 1.29 is 0 Å². The largest absolute Gasteiger partial charge is 0.357 e. The molecule has 0 saturated heterocycles. The van der Waals surface area contributed by atoms with Gasteiger partial charge in [-0.15, -0.1) is 0 Å². The van der Waals surface area contributed by atoms with Gasteiger partial charge in [0, 0.05) is 0 Å². The van der Waals surface area contributed by atoms with Gasteiger partial charge in [-0.1, -0.05) is 58.9 Å². The fourth-order valence-corrected chi connectivity index (χ4v) is 33.9. The van der Waals surface area contributed by atoms with Crippen LogP contribution < -0.4 is 4.65 Å². The number of nitrogens with one attached hydrogen (secondary N) is 1. The van der Waals surface area contributed by atoms with Crippen LogP contribution in [-0.4, -0.2) is 37.0 Å². The summed E-state index contributed by atoms with van der Waals surface area (Å²) in [6, 6.07) is 0. The van der Waals surface area contributed by atoms with Gasteiger partial charge in [0.2, 0.25) is 0 Å². The predicted octanol–water partition coefficient (Wildman–Crippen LogP) is 4.08. The molecule has 0 aliphatic heterocycles. The lowest BCUT2D eigenvalue weighted by Crippen LogP contribution is -2.77. The van der Waals surface area contributed by atoms with Gasteiger partial charge < -0.3 is 8.54 Å². The summed E-state index contributed by atoms with van der Waals surface area (Å²) in [7, 11) is -5.15. The molecule has 0 amide bonds. The van der Waals surface area contributed by atoms with Crippen molar-refractivity contribution in [1.29, 1.82) is 0 Å². The molecule has 0 bridgehead atoms. The molecular weight excluding hydrogens is 272 g/mol. The molecule has 0 radical (unpaired) electrons. The fraction of sp³-hybridized carbons (Fsp3) is 1.00. The zero-order chi connectivity index (χ0) is 14.3. The highest BCUT2D eigenvalue weighted by Gasteiger charge is 2.46. The lowest BCUT2D eigenvalue weighted by molar-refractivity contribution is 0.868. The third-order valence-electron chi connectivity index (χ3n) is 2.58. The van der Waals surface area contributed by atoms with Crippen LogP contribution in [0.2, 0.25) is 72.0 Å². The first-order chi connectivity index (χ1) is 7.07. The first kappa shape index (κ1) is 17.8. The standard InChI is InChI=1S/C11H34N2Si4/c1-14(2,3)12-17(10,11)13(15(4,5)6)16(7,8)9/h12H,1-11H3. The Morgan fingerprint density at radius 3 is 1.06 bits per heavy atom. The molecule has 0 spiro atoms. The molecule has 0 saturated carbocycles. The van der Waals surface area contributed by atoms with Crippen LogP contribution in [0.3, 0.4) is 0 Å². The third kappa shape index (κ3) is 5.97. The van der Waals surface area contributed by atoms with Gasteiger partial charge in [-0.05, 0) is 13.1 Å². The average Bonchev–Trinajstić information content (AvgIpc) is 1.66. The zero-order valence-electron chi connectivity index (χ0n) is 13.9. The van der Waals surface area contributed by atoms with E-state index in [9.17, 15) is 0 Å². The molecule has 0 fully saturated rings. The number of nitrogens with zero attached hydrogens (tertiary/aromatic N) is 1. The maximum Gasteiger partial charge on any atom is 0.177 e.